The Hall–Kier alpha value is -2.78. The Balaban J connectivity index is 1.63. The fraction of sp³-hybridized carbons (Fsp3) is 0.474. The van der Waals surface area contributed by atoms with Gasteiger partial charge in [-0.2, -0.15) is 0 Å². The van der Waals surface area contributed by atoms with Gasteiger partial charge in [-0.1, -0.05) is 0 Å². The number of nitrogens with zero attached hydrogens (tertiary/aromatic N) is 2. The van der Waals surface area contributed by atoms with Crippen molar-refractivity contribution in [2.24, 2.45) is 5.73 Å². The number of methoxy groups -OCH3 is 1. The zero-order valence-electron chi connectivity index (χ0n) is 15.5. The van der Waals surface area contributed by atoms with Crippen LogP contribution in [0.2, 0.25) is 0 Å². The molecular formula is C19H22N4O5. The van der Waals surface area contributed by atoms with Gasteiger partial charge < -0.3 is 15.4 Å². The number of benzene rings is 1. The van der Waals surface area contributed by atoms with Crippen LogP contribution in [-0.4, -0.2) is 66.9 Å². The predicted octanol–water partition coefficient (Wildman–Crippen LogP) is -0.360. The van der Waals surface area contributed by atoms with E-state index in [2.05, 4.69) is 10.2 Å². The van der Waals surface area contributed by atoms with Gasteiger partial charge in [-0.3, -0.25) is 29.4 Å². The van der Waals surface area contributed by atoms with E-state index in [9.17, 15) is 19.2 Å². The molecule has 0 saturated carbocycles. The Kier molecular flexibility index (Phi) is 4.64. The van der Waals surface area contributed by atoms with Gasteiger partial charge in [-0.05, 0) is 31.0 Å². The minimum atomic E-state index is -0.963. The molecule has 1 aromatic rings. The third-order valence-electron chi connectivity index (χ3n) is 5.74. The SMILES string of the molecule is CO[C@@H]1C[C@@H](CN)N(c2ccc3c(c2)C(=O)N(C2CCC(=O)NC2=O)C3=O)C1. The lowest BCUT2D eigenvalue weighted by atomic mass is 10.0. The minimum absolute atomic E-state index is 0.0547. The zero-order chi connectivity index (χ0) is 20.0. The lowest BCUT2D eigenvalue weighted by Crippen LogP contribution is -2.54. The highest BCUT2D eigenvalue weighted by molar-refractivity contribution is 6.23. The third-order valence-corrected chi connectivity index (χ3v) is 5.74. The van der Waals surface area contributed by atoms with E-state index in [1.54, 1.807) is 25.3 Å². The molecule has 0 aromatic heterocycles. The third kappa shape index (κ3) is 2.87. The maximum Gasteiger partial charge on any atom is 0.262 e. The first-order chi connectivity index (χ1) is 13.4. The number of piperidine rings is 1. The highest BCUT2D eigenvalue weighted by Gasteiger charge is 2.45. The highest BCUT2D eigenvalue weighted by Crippen LogP contribution is 2.33. The van der Waals surface area contributed by atoms with E-state index in [4.69, 9.17) is 10.5 Å². The number of rotatable bonds is 4. The van der Waals surface area contributed by atoms with Crippen molar-refractivity contribution >= 4 is 29.3 Å². The normalized spacial score (nSPS) is 27.4. The Morgan fingerprint density at radius 1 is 1.18 bits per heavy atom. The van der Waals surface area contributed by atoms with Crippen LogP contribution in [0.5, 0.6) is 0 Å². The molecule has 0 spiro atoms. The number of nitrogens with one attached hydrogen (secondary N) is 1. The molecule has 0 aliphatic carbocycles. The molecule has 1 unspecified atom stereocenters. The van der Waals surface area contributed by atoms with Crippen LogP contribution in [0.4, 0.5) is 5.69 Å². The van der Waals surface area contributed by atoms with E-state index in [0.29, 0.717) is 13.1 Å². The number of carbonyl (C=O) groups is 4. The summed E-state index contributed by atoms with van der Waals surface area (Å²) >= 11 is 0. The number of hydrogen-bond donors (Lipinski definition) is 2. The fourth-order valence-corrected chi connectivity index (χ4v) is 4.22. The summed E-state index contributed by atoms with van der Waals surface area (Å²) in [5, 5.41) is 2.19. The van der Waals surface area contributed by atoms with Crippen LogP contribution in [-0.2, 0) is 14.3 Å². The largest absolute Gasteiger partial charge is 0.380 e. The van der Waals surface area contributed by atoms with Gasteiger partial charge in [0.1, 0.15) is 6.04 Å². The van der Waals surface area contributed by atoms with Crippen LogP contribution >= 0.6 is 0 Å². The van der Waals surface area contributed by atoms with Gasteiger partial charge in [0.15, 0.2) is 0 Å². The van der Waals surface area contributed by atoms with Gasteiger partial charge in [-0.25, -0.2) is 0 Å². The molecule has 28 heavy (non-hydrogen) atoms. The van der Waals surface area contributed by atoms with Crippen LogP contribution < -0.4 is 16.0 Å². The number of anilines is 1. The van der Waals surface area contributed by atoms with Gasteiger partial charge >= 0.3 is 0 Å². The molecule has 2 fully saturated rings. The highest BCUT2D eigenvalue weighted by atomic mass is 16.5. The lowest BCUT2D eigenvalue weighted by Gasteiger charge is -2.27. The first-order valence-corrected chi connectivity index (χ1v) is 9.29. The topological polar surface area (TPSA) is 122 Å². The fourth-order valence-electron chi connectivity index (χ4n) is 4.22. The molecule has 0 radical (unpaired) electrons. The summed E-state index contributed by atoms with van der Waals surface area (Å²) in [5.41, 5.74) is 7.22. The summed E-state index contributed by atoms with van der Waals surface area (Å²) in [6.45, 7) is 1.10. The summed E-state index contributed by atoms with van der Waals surface area (Å²) in [6, 6.07) is 4.21. The first kappa shape index (κ1) is 18.6. The maximum atomic E-state index is 12.9. The Morgan fingerprint density at radius 3 is 2.61 bits per heavy atom. The van der Waals surface area contributed by atoms with E-state index < -0.39 is 29.7 Å². The quantitative estimate of drug-likeness (QED) is 0.678. The van der Waals surface area contributed by atoms with E-state index in [-0.39, 0.29) is 36.1 Å². The Bertz CT molecular complexity index is 870. The summed E-state index contributed by atoms with van der Waals surface area (Å²) in [4.78, 5) is 52.3. The number of imide groups is 2. The number of carbonyl (C=O) groups excluding carboxylic acids is 4. The molecular weight excluding hydrogens is 364 g/mol. The summed E-state index contributed by atoms with van der Waals surface area (Å²) in [6.07, 6.45) is 1.08. The van der Waals surface area contributed by atoms with Crippen molar-refractivity contribution < 1.29 is 23.9 Å². The molecule has 3 atom stereocenters. The molecule has 1 aromatic carbocycles. The van der Waals surface area contributed by atoms with Crippen LogP contribution in [0.15, 0.2) is 18.2 Å². The van der Waals surface area contributed by atoms with Crippen molar-refractivity contribution in [3.05, 3.63) is 29.3 Å². The van der Waals surface area contributed by atoms with Gasteiger partial charge in [0.25, 0.3) is 11.8 Å². The molecule has 2 saturated heterocycles. The van der Waals surface area contributed by atoms with Gasteiger partial charge in [0.05, 0.1) is 17.2 Å². The number of fused-ring (bicyclic) bond motifs is 1. The van der Waals surface area contributed by atoms with E-state index in [0.717, 1.165) is 17.0 Å². The number of amides is 4. The molecule has 0 bridgehead atoms. The summed E-state index contributed by atoms with van der Waals surface area (Å²) < 4.78 is 5.44. The standard InChI is InChI=1S/C19H22N4O5/c1-28-12-6-11(8-20)22(9-12)10-2-3-13-14(7-10)19(27)23(18(13)26)15-4-5-16(24)21-17(15)25/h2-3,7,11-12,15H,4-6,8-9,20H2,1H3,(H,21,24,25)/t11-,12+,15?/m0/s1. The second-order valence-electron chi connectivity index (χ2n) is 7.31. The minimum Gasteiger partial charge on any atom is -0.380 e. The summed E-state index contributed by atoms with van der Waals surface area (Å²) in [5.74, 6) is -2.03. The average molecular weight is 386 g/mol. The number of nitrogens with two attached hydrogens (primary N) is 1. The van der Waals surface area contributed by atoms with Crippen molar-refractivity contribution in [2.45, 2.75) is 37.5 Å². The maximum absolute atomic E-state index is 12.9. The molecule has 4 rings (SSSR count). The van der Waals surface area contributed by atoms with Gasteiger partial charge in [-0.15, -0.1) is 0 Å². The number of hydrogen-bond acceptors (Lipinski definition) is 7. The molecule has 9 heteroatoms. The van der Waals surface area contributed by atoms with Gasteiger partial charge in [0.2, 0.25) is 11.8 Å². The molecule has 4 amide bonds. The second kappa shape index (κ2) is 6.99. The van der Waals surface area contributed by atoms with Crippen LogP contribution in [0, 0.1) is 0 Å². The van der Waals surface area contributed by atoms with E-state index in [1.807, 2.05) is 0 Å². The van der Waals surface area contributed by atoms with Gasteiger partial charge in [0, 0.05) is 38.3 Å². The molecule has 3 aliphatic heterocycles. The van der Waals surface area contributed by atoms with Crippen LogP contribution in [0.25, 0.3) is 0 Å². The zero-order valence-corrected chi connectivity index (χ0v) is 15.5. The first-order valence-electron chi connectivity index (χ1n) is 9.29. The van der Waals surface area contributed by atoms with Crippen LogP contribution in [0.3, 0.4) is 0 Å². The predicted molar refractivity (Wildman–Crippen MR) is 98.7 cm³/mol. The second-order valence-corrected chi connectivity index (χ2v) is 7.31. The molecule has 9 nitrogen and oxygen atoms in total. The molecule has 3 N–H and O–H groups in total. The molecule has 148 valence electrons. The van der Waals surface area contributed by atoms with Crippen molar-refractivity contribution in [3.8, 4) is 0 Å². The van der Waals surface area contributed by atoms with E-state index in [1.165, 1.54) is 0 Å². The van der Waals surface area contributed by atoms with Crippen molar-refractivity contribution in [1.29, 1.82) is 0 Å². The van der Waals surface area contributed by atoms with Crippen molar-refractivity contribution in [1.82, 2.24) is 10.2 Å². The Morgan fingerprint density at radius 2 is 1.93 bits per heavy atom. The van der Waals surface area contributed by atoms with E-state index >= 15 is 0 Å². The average Bonchev–Trinajstić information content (AvgIpc) is 3.22. The van der Waals surface area contributed by atoms with Crippen LogP contribution in [0.1, 0.15) is 40.0 Å². The summed E-state index contributed by atoms with van der Waals surface area (Å²) in [7, 11) is 1.66. The molecule has 3 heterocycles. The smallest absolute Gasteiger partial charge is 0.262 e. The number of ether oxygens (including phenoxy) is 1. The lowest BCUT2D eigenvalue weighted by molar-refractivity contribution is -0.136. The molecule has 3 aliphatic rings. The van der Waals surface area contributed by atoms with Crippen molar-refractivity contribution in [2.75, 3.05) is 25.1 Å². The Labute approximate surface area is 161 Å². The monoisotopic (exact) mass is 386 g/mol. The van der Waals surface area contributed by atoms with Crippen molar-refractivity contribution in [3.63, 3.8) is 0 Å².